The summed E-state index contributed by atoms with van der Waals surface area (Å²) in [5, 5.41) is 0. The highest BCUT2D eigenvalue weighted by Gasteiger charge is 2.32. The SMILES string of the molecule is CCOP(=O)(O)OCS(=O)(=O)OCC(F)(F)F. The maximum atomic E-state index is 11.6. The molecule has 0 saturated heterocycles. The van der Waals surface area contributed by atoms with E-state index in [1.165, 1.54) is 6.92 Å². The molecule has 0 amide bonds. The van der Waals surface area contributed by atoms with E-state index >= 15 is 0 Å². The largest absolute Gasteiger partial charge is 0.473 e. The Balaban J connectivity index is 4.24. The van der Waals surface area contributed by atoms with Gasteiger partial charge in [0.25, 0.3) is 10.1 Å². The summed E-state index contributed by atoms with van der Waals surface area (Å²) < 4.78 is 78.8. The minimum Gasteiger partial charge on any atom is -0.302 e. The van der Waals surface area contributed by atoms with Crippen LogP contribution < -0.4 is 0 Å². The van der Waals surface area contributed by atoms with Crippen molar-refractivity contribution in [1.82, 2.24) is 0 Å². The molecule has 0 aliphatic carbocycles. The highest BCUT2D eigenvalue weighted by Crippen LogP contribution is 2.43. The van der Waals surface area contributed by atoms with Gasteiger partial charge in [0.05, 0.1) is 6.61 Å². The van der Waals surface area contributed by atoms with E-state index in [4.69, 9.17) is 4.89 Å². The molecule has 0 aromatic rings. The zero-order chi connectivity index (χ0) is 13.7. The lowest BCUT2D eigenvalue weighted by Gasteiger charge is -2.11. The molecule has 1 atom stereocenters. The quantitative estimate of drug-likeness (QED) is 0.553. The zero-order valence-electron chi connectivity index (χ0n) is 8.51. The Bertz CT molecular complexity index is 377. The van der Waals surface area contributed by atoms with Gasteiger partial charge in [-0.05, 0) is 6.92 Å². The Morgan fingerprint density at radius 3 is 2.24 bits per heavy atom. The van der Waals surface area contributed by atoms with Crippen molar-refractivity contribution >= 4 is 17.9 Å². The fourth-order valence-corrected chi connectivity index (χ4v) is 2.35. The number of hydrogen-bond acceptors (Lipinski definition) is 6. The summed E-state index contributed by atoms with van der Waals surface area (Å²) in [6, 6.07) is 0. The Kier molecular flexibility index (Phi) is 6.05. The predicted octanol–water partition coefficient (Wildman–Crippen LogP) is 1.01. The van der Waals surface area contributed by atoms with Crippen LogP contribution in [0.1, 0.15) is 6.92 Å². The Morgan fingerprint density at radius 1 is 1.29 bits per heavy atom. The second kappa shape index (κ2) is 6.12. The first kappa shape index (κ1) is 16.8. The molecule has 0 aromatic carbocycles. The number of alkyl halides is 3. The molecule has 1 unspecified atom stereocenters. The van der Waals surface area contributed by atoms with E-state index in [0.717, 1.165) is 0 Å². The summed E-state index contributed by atoms with van der Waals surface area (Å²) in [4.78, 5) is 8.77. The smallest absolute Gasteiger partial charge is 0.302 e. The Morgan fingerprint density at radius 2 is 1.82 bits per heavy atom. The summed E-state index contributed by atoms with van der Waals surface area (Å²) in [6.07, 6.45) is -4.84. The van der Waals surface area contributed by atoms with Crippen molar-refractivity contribution in [2.75, 3.05) is 19.2 Å². The van der Waals surface area contributed by atoms with Crippen LogP contribution in [0.3, 0.4) is 0 Å². The number of phosphoric acid groups is 1. The fraction of sp³-hybridized carbons (Fsp3) is 1.00. The molecule has 0 aliphatic rings. The normalized spacial score (nSPS) is 16.8. The molecule has 0 aromatic heterocycles. The molecule has 0 rings (SSSR count). The minimum absolute atomic E-state index is 0.239. The zero-order valence-corrected chi connectivity index (χ0v) is 10.2. The van der Waals surface area contributed by atoms with E-state index in [1.807, 2.05) is 0 Å². The van der Waals surface area contributed by atoms with E-state index in [9.17, 15) is 26.2 Å². The predicted molar refractivity (Wildman–Crippen MR) is 48.3 cm³/mol. The lowest BCUT2D eigenvalue weighted by molar-refractivity contribution is -0.152. The average molecular weight is 302 g/mol. The molecule has 12 heteroatoms. The van der Waals surface area contributed by atoms with E-state index in [1.54, 1.807) is 0 Å². The van der Waals surface area contributed by atoms with Crippen molar-refractivity contribution in [3.63, 3.8) is 0 Å². The monoisotopic (exact) mass is 302 g/mol. The van der Waals surface area contributed by atoms with Gasteiger partial charge in [0.2, 0.25) is 0 Å². The molecular weight excluding hydrogens is 292 g/mol. The standard InChI is InChI=1S/C5H10F3O7PS/c1-2-13-16(9,10)14-4-17(11,12)15-3-5(6,7)8/h2-4H2,1H3,(H,9,10). The summed E-state index contributed by atoms with van der Waals surface area (Å²) >= 11 is 0. The van der Waals surface area contributed by atoms with Crippen LogP contribution in [-0.4, -0.2) is 38.6 Å². The first-order valence-electron chi connectivity index (χ1n) is 4.03. The molecule has 0 aliphatic heterocycles. The van der Waals surface area contributed by atoms with Crippen LogP contribution in [0.2, 0.25) is 0 Å². The van der Waals surface area contributed by atoms with Gasteiger partial charge in [0.1, 0.15) is 0 Å². The molecular formula is C5H10F3O7PS. The number of hydrogen-bond donors (Lipinski definition) is 1. The van der Waals surface area contributed by atoms with Crippen LogP contribution in [-0.2, 0) is 27.9 Å². The minimum atomic E-state index is -4.84. The van der Waals surface area contributed by atoms with Crippen molar-refractivity contribution in [2.24, 2.45) is 0 Å². The molecule has 0 radical (unpaired) electrons. The molecule has 1 N–H and O–H groups in total. The van der Waals surface area contributed by atoms with E-state index in [0.29, 0.717) is 0 Å². The highest BCUT2D eigenvalue weighted by atomic mass is 32.2. The third-order valence-electron chi connectivity index (χ3n) is 1.05. The lowest BCUT2D eigenvalue weighted by Crippen LogP contribution is -2.22. The van der Waals surface area contributed by atoms with Crippen molar-refractivity contribution in [3.8, 4) is 0 Å². The molecule has 0 bridgehead atoms. The highest BCUT2D eigenvalue weighted by molar-refractivity contribution is 7.86. The van der Waals surface area contributed by atoms with Crippen LogP contribution >= 0.6 is 7.82 Å². The summed E-state index contributed by atoms with van der Waals surface area (Å²) in [7, 11) is -9.31. The summed E-state index contributed by atoms with van der Waals surface area (Å²) in [6.45, 7) is -0.943. The summed E-state index contributed by atoms with van der Waals surface area (Å²) in [5.74, 6) is -1.52. The van der Waals surface area contributed by atoms with Crippen molar-refractivity contribution in [2.45, 2.75) is 13.1 Å². The molecule has 17 heavy (non-hydrogen) atoms. The van der Waals surface area contributed by atoms with Gasteiger partial charge in [-0.3, -0.25) is 13.2 Å². The van der Waals surface area contributed by atoms with Gasteiger partial charge in [-0.25, -0.2) is 4.57 Å². The molecule has 104 valence electrons. The van der Waals surface area contributed by atoms with Gasteiger partial charge in [0, 0.05) is 0 Å². The van der Waals surface area contributed by atoms with Gasteiger partial charge in [0.15, 0.2) is 12.5 Å². The van der Waals surface area contributed by atoms with Crippen LogP contribution in [0.4, 0.5) is 13.2 Å². The molecule has 0 spiro atoms. The average Bonchev–Trinajstić information content (AvgIpc) is 2.12. The maximum absolute atomic E-state index is 11.6. The second-order valence-electron chi connectivity index (χ2n) is 2.57. The van der Waals surface area contributed by atoms with Gasteiger partial charge >= 0.3 is 14.0 Å². The van der Waals surface area contributed by atoms with Crippen LogP contribution in [0, 0.1) is 0 Å². The maximum Gasteiger partial charge on any atom is 0.473 e. The Hall–Kier alpha value is -0.190. The lowest BCUT2D eigenvalue weighted by atomic mass is 10.7. The van der Waals surface area contributed by atoms with Crippen LogP contribution in [0.5, 0.6) is 0 Å². The van der Waals surface area contributed by atoms with E-state index in [-0.39, 0.29) is 6.61 Å². The molecule has 0 fully saturated rings. The van der Waals surface area contributed by atoms with Crippen molar-refractivity contribution in [3.05, 3.63) is 0 Å². The van der Waals surface area contributed by atoms with E-state index < -0.39 is 36.7 Å². The van der Waals surface area contributed by atoms with Crippen LogP contribution in [0.15, 0.2) is 0 Å². The molecule has 7 nitrogen and oxygen atoms in total. The van der Waals surface area contributed by atoms with Gasteiger partial charge in [-0.2, -0.15) is 21.6 Å². The van der Waals surface area contributed by atoms with Crippen molar-refractivity contribution < 1.29 is 44.3 Å². The second-order valence-corrected chi connectivity index (χ2v) is 5.61. The molecule has 0 saturated carbocycles. The van der Waals surface area contributed by atoms with Gasteiger partial charge in [-0.1, -0.05) is 0 Å². The number of halogens is 3. The van der Waals surface area contributed by atoms with Crippen LogP contribution in [0.25, 0.3) is 0 Å². The first-order chi connectivity index (χ1) is 7.47. The third kappa shape index (κ3) is 9.51. The van der Waals surface area contributed by atoms with Crippen molar-refractivity contribution in [1.29, 1.82) is 0 Å². The first-order valence-corrected chi connectivity index (χ1v) is 7.10. The number of phosphoric ester groups is 1. The van der Waals surface area contributed by atoms with Gasteiger partial charge < -0.3 is 4.89 Å². The summed E-state index contributed by atoms with van der Waals surface area (Å²) in [5.41, 5.74) is 0. The van der Waals surface area contributed by atoms with Gasteiger partial charge in [-0.15, -0.1) is 0 Å². The fourth-order valence-electron chi connectivity index (χ4n) is 0.522. The van der Waals surface area contributed by atoms with E-state index in [2.05, 4.69) is 13.2 Å². The topological polar surface area (TPSA) is 99.1 Å². The molecule has 0 heterocycles. The number of rotatable bonds is 7. The third-order valence-corrected chi connectivity index (χ3v) is 3.15. The Labute approximate surface area is 95.2 Å².